The number of morpholine rings is 1. The molecule has 0 radical (unpaired) electrons. The summed E-state index contributed by atoms with van der Waals surface area (Å²) in [6.45, 7) is 3.27. The largest absolute Gasteiger partial charge is 0.469 e. The topological polar surface area (TPSA) is 94.8 Å². The Balaban J connectivity index is 2.09. The van der Waals surface area contributed by atoms with Gasteiger partial charge < -0.3 is 14.4 Å². The summed E-state index contributed by atoms with van der Waals surface area (Å²) in [6.07, 6.45) is 1.18. The Kier molecular flexibility index (Phi) is 4.69. The third-order valence-electron chi connectivity index (χ3n) is 3.35. The summed E-state index contributed by atoms with van der Waals surface area (Å²) in [7, 11) is 1.34. The number of nitrogens with zero attached hydrogens (tertiary/aromatic N) is 3. The molecule has 0 spiro atoms. The molecule has 2 rings (SSSR count). The SMILES string of the molecule is COC(=O)CC1CN(c2cc(C)c([N+](=O)[O-])cn2)CCO1. The Morgan fingerprint density at radius 1 is 1.67 bits per heavy atom. The summed E-state index contributed by atoms with van der Waals surface area (Å²) in [5.41, 5.74) is 0.555. The minimum atomic E-state index is -0.453. The fourth-order valence-electron chi connectivity index (χ4n) is 2.22. The van der Waals surface area contributed by atoms with E-state index in [0.717, 1.165) is 0 Å². The standard InChI is InChI=1S/C13H17N3O5/c1-9-5-12(14-7-11(9)16(18)19)15-3-4-21-10(8-15)6-13(17)20-2/h5,7,10H,3-4,6,8H2,1-2H3. The Hall–Kier alpha value is -2.22. The van der Waals surface area contributed by atoms with Gasteiger partial charge in [-0.2, -0.15) is 0 Å². The lowest BCUT2D eigenvalue weighted by molar-refractivity contribution is -0.385. The fraction of sp³-hybridized carbons (Fsp3) is 0.538. The highest BCUT2D eigenvalue weighted by molar-refractivity contribution is 5.70. The first-order chi connectivity index (χ1) is 10.0. The van der Waals surface area contributed by atoms with Gasteiger partial charge in [-0.15, -0.1) is 0 Å². The van der Waals surface area contributed by atoms with E-state index in [1.54, 1.807) is 13.0 Å². The molecule has 1 fully saturated rings. The number of carbonyl (C=O) groups excluding carboxylic acids is 1. The number of aryl methyl sites for hydroxylation is 1. The second kappa shape index (κ2) is 6.49. The number of methoxy groups -OCH3 is 1. The number of hydrogen-bond acceptors (Lipinski definition) is 7. The smallest absolute Gasteiger partial charge is 0.308 e. The summed E-state index contributed by atoms with van der Waals surface area (Å²) >= 11 is 0. The van der Waals surface area contributed by atoms with Crippen LogP contribution in [-0.2, 0) is 14.3 Å². The molecule has 1 saturated heterocycles. The van der Waals surface area contributed by atoms with Crippen LogP contribution in [0.2, 0.25) is 0 Å². The zero-order chi connectivity index (χ0) is 15.4. The summed E-state index contributed by atoms with van der Waals surface area (Å²) in [4.78, 5) is 27.7. The molecule has 114 valence electrons. The number of aromatic nitrogens is 1. The third kappa shape index (κ3) is 3.66. The van der Waals surface area contributed by atoms with Crippen molar-refractivity contribution in [3.05, 3.63) is 27.9 Å². The van der Waals surface area contributed by atoms with Crippen molar-refractivity contribution in [3.63, 3.8) is 0 Å². The van der Waals surface area contributed by atoms with Gasteiger partial charge in [-0.25, -0.2) is 4.98 Å². The van der Waals surface area contributed by atoms with E-state index < -0.39 is 4.92 Å². The van der Waals surface area contributed by atoms with Crippen molar-refractivity contribution in [1.29, 1.82) is 0 Å². The highest BCUT2D eigenvalue weighted by Crippen LogP contribution is 2.23. The predicted molar refractivity (Wildman–Crippen MR) is 74.2 cm³/mol. The molecule has 8 nitrogen and oxygen atoms in total. The molecule has 0 amide bonds. The number of carbonyl (C=O) groups is 1. The Morgan fingerprint density at radius 2 is 2.43 bits per heavy atom. The maximum absolute atomic E-state index is 11.3. The molecule has 21 heavy (non-hydrogen) atoms. The van der Waals surface area contributed by atoms with E-state index >= 15 is 0 Å². The molecule has 0 saturated carbocycles. The average Bonchev–Trinajstić information content (AvgIpc) is 2.47. The van der Waals surface area contributed by atoms with Crippen LogP contribution in [0, 0.1) is 17.0 Å². The van der Waals surface area contributed by atoms with Gasteiger partial charge in [-0.05, 0) is 13.0 Å². The third-order valence-corrected chi connectivity index (χ3v) is 3.35. The van der Waals surface area contributed by atoms with Crippen molar-refractivity contribution in [2.24, 2.45) is 0 Å². The lowest BCUT2D eigenvalue weighted by Crippen LogP contribution is -2.43. The molecule has 0 bridgehead atoms. The first-order valence-electron chi connectivity index (χ1n) is 6.55. The molecular formula is C13H17N3O5. The van der Waals surface area contributed by atoms with E-state index in [1.165, 1.54) is 13.3 Å². The van der Waals surface area contributed by atoms with Gasteiger partial charge in [0.05, 0.1) is 31.2 Å². The normalized spacial score (nSPS) is 18.4. The summed E-state index contributed by atoms with van der Waals surface area (Å²) in [5.74, 6) is 0.325. The monoisotopic (exact) mass is 295 g/mol. The Labute approximate surface area is 121 Å². The van der Waals surface area contributed by atoms with Crippen LogP contribution in [0.4, 0.5) is 11.5 Å². The highest BCUT2D eigenvalue weighted by atomic mass is 16.6. The van der Waals surface area contributed by atoms with Gasteiger partial charge >= 0.3 is 5.97 Å². The lowest BCUT2D eigenvalue weighted by Gasteiger charge is -2.33. The van der Waals surface area contributed by atoms with Gasteiger partial charge in [0.2, 0.25) is 0 Å². The Bertz CT molecular complexity index is 549. The number of hydrogen-bond donors (Lipinski definition) is 0. The van der Waals surface area contributed by atoms with Gasteiger partial charge in [0.25, 0.3) is 5.69 Å². The fourth-order valence-corrected chi connectivity index (χ4v) is 2.22. The zero-order valence-electron chi connectivity index (χ0n) is 11.9. The Morgan fingerprint density at radius 3 is 3.05 bits per heavy atom. The zero-order valence-corrected chi connectivity index (χ0v) is 11.9. The molecule has 1 aromatic heterocycles. The van der Waals surface area contributed by atoms with E-state index in [9.17, 15) is 14.9 Å². The number of esters is 1. The van der Waals surface area contributed by atoms with Gasteiger partial charge in [0.15, 0.2) is 0 Å². The van der Waals surface area contributed by atoms with E-state index in [1.807, 2.05) is 4.90 Å². The molecule has 1 unspecified atom stereocenters. The molecule has 0 aliphatic carbocycles. The van der Waals surface area contributed by atoms with Crippen molar-refractivity contribution < 1.29 is 19.2 Å². The van der Waals surface area contributed by atoms with Gasteiger partial charge in [-0.1, -0.05) is 0 Å². The molecule has 1 aliphatic heterocycles. The second-order valence-corrected chi connectivity index (χ2v) is 4.81. The van der Waals surface area contributed by atoms with Crippen LogP contribution in [0.3, 0.4) is 0 Å². The molecule has 1 atom stereocenters. The molecular weight excluding hydrogens is 278 g/mol. The van der Waals surface area contributed by atoms with Gasteiger partial charge in [0.1, 0.15) is 12.0 Å². The minimum Gasteiger partial charge on any atom is -0.469 e. The molecule has 0 N–H and O–H groups in total. The van der Waals surface area contributed by atoms with Crippen LogP contribution >= 0.6 is 0 Å². The minimum absolute atomic E-state index is 0.00174. The van der Waals surface area contributed by atoms with Gasteiger partial charge in [0, 0.05) is 18.7 Å². The van der Waals surface area contributed by atoms with E-state index in [0.29, 0.717) is 31.1 Å². The second-order valence-electron chi connectivity index (χ2n) is 4.81. The van der Waals surface area contributed by atoms with Crippen molar-refractivity contribution >= 4 is 17.5 Å². The van der Waals surface area contributed by atoms with Crippen LogP contribution in [0.25, 0.3) is 0 Å². The maximum Gasteiger partial charge on any atom is 0.308 e. The molecule has 1 aromatic rings. The summed E-state index contributed by atoms with van der Waals surface area (Å²) < 4.78 is 10.1. The number of anilines is 1. The maximum atomic E-state index is 11.3. The van der Waals surface area contributed by atoms with Crippen LogP contribution in [0.5, 0.6) is 0 Å². The first kappa shape index (κ1) is 15.2. The molecule has 8 heteroatoms. The number of ether oxygens (including phenoxy) is 2. The van der Waals surface area contributed by atoms with Crippen LogP contribution in [0.1, 0.15) is 12.0 Å². The van der Waals surface area contributed by atoms with Crippen molar-refractivity contribution in [2.45, 2.75) is 19.4 Å². The number of pyridine rings is 1. The number of rotatable bonds is 4. The molecule has 0 aromatic carbocycles. The molecule has 1 aliphatic rings. The van der Waals surface area contributed by atoms with Crippen molar-refractivity contribution in [1.82, 2.24) is 4.98 Å². The van der Waals surface area contributed by atoms with Crippen LogP contribution < -0.4 is 4.90 Å². The van der Waals surface area contributed by atoms with E-state index in [2.05, 4.69) is 9.72 Å². The highest BCUT2D eigenvalue weighted by Gasteiger charge is 2.25. The quantitative estimate of drug-likeness (QED) is 0.465. The summed E-state index contributed by atoms with van der Waals surface area (Å²) in [5, 5.41) is 10.8. The van der Waals surface area contributed by atoms with Crippen molar-refractivity contribution in [2.75, 3.05) is 31.7 Å². The van der Waals surface area contributed by atoms with Gasteiger partial charge in [-0.3, -0.25) is 14.9 Å². The predicted octanol–water partition coefficient (Wildman–Crippen LogP) is 1.07. The molecule has 2 heterocycles. The van der Waals surface area contributed by atoms with Crippen molar-refractivity contribution in [3.8, 4) is 0 Å². The average molecular weight is 295 g/mol. The van der Waals surface area contributed by atoms with Crippen LogP contribution in [0.15, 0.2) is 12.3 Å². The van der Waals surface area contributed by atoms with E-state index in [-0.39, 0.29) is 24.2 Å². The van der Waals surface area contributed by atoms with Crippen LogP contribution in [-0.4, -0.2) is 48.8 Å². The lowest BCUT2D eigenvalue weighted by atomic mass is 10.2. The summed E-state index contributed by atoms with van der Waals surface area (Å²) in [6, 6.07) is 1.68. The number of nitro groups is 1. The first-order valence-corrected chi connectivity index (χ1v) is 6.55. The van der Waals surface area contributed by atoms with E-state index in [4.69, 9.17) is 4.74 Å².